The molecule has 3 aromatic carbocycles. The van der Waals surface area contributed by atoms with Gasteiger partial charge in [0.2, 0.25) is 5.91 Å². The van der Waals surface area contributed by atoms with Gasteiger partial charge in [-0.15, -0.1) is 0 Å². The van der Waals surface area contributed by atoms with Gasteiger partial charge in [0.15, 0.2) is 0 Å². The molecule has 7 nitrogen and oxygen atoms in total. The summed E-state index contributed by atoms with van der Waals surface area (Å²) < 4.78 is 11.0. The van der Waals surface area contributed by atoms with Crippen molar-refractivity contribution in [3.05, 3.63) is 83.4 Å². The van der Waals surface area contributed by atoms with E-state index in [-0.39, 0.29) is 24.4 Å². The van der Waals surface area contributed by atoms with Crippen LogP contribution in [0.5, 0.6) is 11.5 Å². The van der Waals surface area contributed by atoms with Crippen LogP contribution in [0.4, 0.5) is 11.4 Å². The first-order valence-electron chi connectivity index (χ1n) is 11.7. The van der Waals surface area contributed by atoms with E-state index in [9.17, 15) is 9.59 Å². The zero-order valence-corrected chi connectivity index (χ0v) is 20.3. The van der Waals surface area contributed by atoms with Gasteiger partial charge in [0.05, 0.1) is 32.1 Å². The Balaban J connectivity index is 1.48. The summed E-state index contributed by atoms with van der Waals surface area (Å²) in [5.41, 5.74) is 4.11. The fourth-order valence-electron chi connectivity index (χ4n) is 4.59. The number of methoxy groups -OCH3 is 2. The van der Waals surface area contributed by atoms with Crippen LogP contribution in [0.1, 0.15) is 40.4 Å². The molecule has 0 aliphatic heterocycles. The van der Waals surface area contributed by atoms with Crippen LogP contribution in [0.2, 0.25) is 0 Å². The Bertz CT molecular complexity index is 1200. The maximum Gasteiger partial charge on any atom is 0.255 e. The minimum atomic E-state index is -0.267. The van der Waals surface area contributed by atoms with Crippen molar-refractivity contribution in [2.75, 3.05) is 38.4 Å². The molecule has 0 heterocycles. The van der Waals surface area contributed by atoms with E-state index in [1.165, 1.54) is 25.3 Å². The smallest absolute Gasteiger partial charge is 0.255 e. The highest BCUT2D eigenvalue weighted by Gasteiger charge is 2.25. The van der Waals surface area contributed by atoms with E-state index >= 15 is 0 Å². The number of nitrogens with one attached hydrogen (secondary N) is 2. The molecule has 1 aliphatic rings. The largest absolute Gasteiger partial charge is 0.494 e. The fourth-order valence-corrected chi connectivity index (χ4v) is 4.59. The van der Waals surface area contributed by atoms with Crippen molar-refractivity contribution in [3.63, 3.8) is 0 Å². The summed E-state index contributed by atoms with van der Waals surface area (Å²) in [6.45, 7) is 0.233. The van der Waals surface area contributed by atoms with Gasteiger partial charge in [-0.2, -0.15) is 0 Å². The van der Waals surface area contributed by atoms with Crippen molar-refractivity contribution in [3.8, 4) is 11.5 Å². The van der Waals surface area contributed by atoms with E-state index < -0.39 is 0 Å². The predicted molar refractivity (Wildman–Crippen MR) is 137 cm³/mol. The van der Waals surface area contributed by atoms with Crippen LogP contribution in [0.25, 0.3) is 0 Å². The number of hydrogen-bond acceptors (Lipinski definition) is 5. The van der Waals surface area contributed by atoms with E-state index in [2.05, 4.69) is 39.8 Å². The Morgan fingerprint density at radius 2 is 1.54 bits per heavy atom. The second-order valence-corrected chi connectivity index (χ2v) is 8.64. The Hall–Kier alpha value is -3.84. The molecule has 0 saturated heterocycles. The molecule has 0 fully saturated rings. The lowest BCUT2D eigenvalue weighted by Crippen LogP contribution is -2.35. The molecule has 0 radical (unpaired) electrons. The van der Waals surface area contributed by atoms with Crippen LogP contribution < -0.4 is 20.1 Å². The average Bonchev–Trinajstić information content (AvgIpc) is 2.89. The van der Waals surface area contributed by atoms with Crippen molar-refractivity contribution in [2.45, 2.75) is 25.3 Å². The van der Waals surface area contributed by atoms with Gasteiger partial charge in [-0.25, -0.2) is 0 Å². The monoisotopic (exact) mass is 473 g/mol. The predicted octanol–water partition coefficient (Wildman–Crippen LogP) is 4.90. The first-order valence-corrected chi connectivity index (χ1v) is 11.7. The highest BCUT2D eigenvalue weighted by atomic mass is 16.5. The highest BCUT2D eigenvalue weighted by molar-refractivity contribution is 6.05. The number of benzene rings is 3. The molecule has 7 heteroatoms. The molecule has 0 unspecified atom stereocenters. The highest BCUT2D eigenvalue weighted by Crippen LogP contribution is 2.37. The molecule has 0 saturated carbocycles. The number of amides is 2. The molecule has 0 bridgehead atoms. The van der Waals surface area contributed by atoms with E-state index in [1.807, 2.05) is 13.1 Å². The number of nitrogens with zero attached hydrogens (tertiary/aromatic N) is 1. The van der Waals surface area contributed by atoms with Gasteiger partial charge >= 0.3 is 0 Å². The summed E-state index contributed by atoms with van der Waals surface area (Å²) in [5.74, 6) is 0.419. The van der Waals surface area contributed by atoms with Crippen LogP contribution in [0.3, 0.4) is 0 Å². The van der Waals surface area contributed by atoms with Gasteiger partial charge in [-0.05, 0) is 49.6 Å². The number of rotatable bonds is 8. The number of ether oxygens (including phenoxy) is 2. The minimum Gasteiger partial charge on any atom is -0.494 e. The second-order valence-electron chi connectivity index (χ2n) is 8.64. The Morgan fingerprint density at radius 3 is 2.23 bits per heavy atom. The molecule has 0 spiro atoms. The van der Waals surface area contributed by atoms with Gasteiger partial charge in [-0.1, -0.05) is 42.5 Å². The van der Waals surface area contributed by atoms with Crippen LogP contribution in [0, 0.1) is 0 Å². The zero-order valence-electron chi connectivity index (χ0n) is 20.3. The van der Waals surface area contributed by atoms with Crippen molar-refractivity contribution >= 4 is 23.2 Å². The van der Waals surface area contributed by atoms with Crippen LogP contribution in [-0.4, -0.2) is 44.5 Å². The Labute approximate surface area is 206 Å². The number of hydrogen-bond donors (Lipinski definition) is 2. The summed E-state index contributed by atoms with van der Waals surface area (Å²) in [4.78, 5) is 27.7. The molecule has 4 rings (SSSR count). The summed E-state index contributed by atoms with van der Waals surface area (Å²) in [5, 5.41) is 5.80. The average molecular weight is 474 g/mol. The number of aryl methyl sites for hydroxylation is 1. The summed E-state index contributed by atoms with van der Waals surface area (Å²) in [6, 6.07) is 20.9. The molecule has 3 aromatic rings. The third kappa shape index (κ3) is 5.63. The Morgan fingerprint density at radius 1 is 0.914 bits per heavy atom. The molecule has 1 aliphatic carbocycles. The zero-order chi connectivity index (χ0) is 24.8. The van der Waals surface area contributed by atoms with Gasteiger partial charge < -0.3 is 20.1 Å². The fraction of sp³-hybridized carbons (Fsp3) is 0.286. The SMILES string of the molecule is COc1cc(NC(=O)c2ccccc2)c(OC)cc1NC(=O)CN(C)[C@H]1CCCc2ccccc21. The lowest BCUT2D eigenvalue weighted by Gasteiger charge is -2.33. The maximum atomic E-state index is 13.0. The van der Waals surface area contributed by atoms with Gasteiger partial charge in [0.1, 0.15) is 11.5 Å². The first kappa shape index (κ1) is 24.3. The second kappa shape index (κ2) is 11.1. The van der Waals surface area contributed by atoms with Crippen molar-refractivity contribution in [2.24, 2.45) is 0 Å². The molecular formula is C28H31N3O4. The number of carbonyl (C=O) groups excluding carboxylic acids is 2. The van der Waals surface area contributed by atoms with Gasteiger partial charge in [-0.3, -0.25) is 14.5 Å². The number of fused-ring (bicyclic) bond motifs is 1. The van der Waals surface area contributed by atoms with Crippen LogP contribution >= 0.6 is 0 Å². The number of carbonyl (C=O) groups is 2. The normalized spacial score (nSPS) is 14.7. The van der Waals surface area contributed by atoms with Gasteiger partial charge in [0, 0.05) is 23.7 Å². The molecule has 182 valence electrons. The van der Waals surface area contributed by atoms with Crippen molar-refractivity contribution in [1.82, 2.24) is 4.90 Å². The molecule has 1 atom stereocenters. The molecule has 2 N–H and O–H groups in total. The van der Waals surface area contributed by atoms with Gasteiger partial charge in [0.25, 0.3) is 5.91 Å². The van der Waals surface area contributed by atoms with E-state index in [4.69, 9.17) is 9.47 Å². The number of anilines is 2. The lowest BCUT2D eigenvalue weighted by molar-refractivity contribution is -0.117. The summed E-state index contributed by atoms with van der Waals surface area (Å²) in [7, 11) is 5.01. The topological polar surface area (TPSA) is 79.9 Å². The summed E-state index contributed by atoms with van der Waals surface area (Å²) in [6.07, 6.45) is 3.21. The molecule has 2 amide bonds. The third-order valence-corrected chi connectivity index (χ3v) is 6.34. The van der Waals surface area contributed by atoms with E-state index in [1.54, 1.807) is 36.4 Å². The standard InChI is InChI=1S/C28H31N3O4/c1-31(24-15-9-13-19-10-7-8-14-21(19)24)18-27(32)29-22-16-26(35-3)23(17-25(22)34-2)30-28(33)20-11-5-4-6-12-20/h4-8,10-12,14,16-17,24H,9,13,15,18H2,1-3H3,(H,29,32)(H,30,33)/t24-/m0/s1. The molecule has 0 aromatic heterocycles. The van der Waals surface area contributed by atoms with E-state index in [0.29, 0.717) is 28.4 Å². The third-order valence-electron chi connectivity index (χ3n) is 6.34. The lowest BCUT2D eigenvalue weighted by atomic mass is 9.87. The van der Waals surface area contributed by atoms with Crippen molar-refractivity contribution in [1.29, 1.82) is 0 Å². The van der Waals surface area contributed by atoms with Crippen LogP contribution in [-0.2, 0) is 11.2 Å². The first-order chi connectivity index (χ1) is 17.0. The molecular weight excluding hydrogens is 442 g/mol. The molecule has 35 heavy (non-hydrogen) atoms. The minimum absolute atomic E-state index is 0.156. The number of likely N-dealkylation sites (N-methyl/N-ethyl adjacent to an activating group) is 1. The van der Waals surface area contributed by atoms with E-state index in [0.717, 1.165) is 19.3 Å². The quantitative estimate of drug-likeness (QED) is 0.486. The van der Waals surface area contributed by atoms with Crippen molar-refractivity contribution < 1.29 is 19.1 Å². The maximum absolute atomic E-state index is 13.0. The van der Waals surface area contributed by atoms with Crippen LogP contribution in [0.15, 0.2) is 66.7 Å². The Kier molecular flexibility index (Phi) is 7.67. The summed E-state index contributed by atoms with van der Waals surface area (Å²) >= 11 is 0.